The SMILES string of the molecule is CCN1CCC(c2ccc3[nH]c(-c4c(OC)ncc5c(C#N)c[nH]c45)nc3c2OCC(F)F)CC1. The van der Waals surface area contributed by atoms with Gasteiger partial charge in [-0.05, 0) is 50.0 Å². The number of nitrogens with one attached hydrogen (secondary N) is 2. The van der Waals surface area contributed by atoms with E-state index in [1.54, 1.807) is 12.4 Å². The summed E-state index contributed by atoms with van der Waals surface area (Å²) in [5, 5.41) is 10.1. The second-order valence-electron chi connectivity index (χ2n) is 8.62. The highest BCUT2D eigenvalue weighted by Crippen LogP contribution is 2.41. The van der Waals surface area contributed by atoms with E-state index in [9.17, 15) is 14.0 Å². The van der Waals surface area contributed by atoms with E-state index in [-0.39, 0.29) is 5.92 Å². The van der Waals surface area contributed by atoms with Gasteiger partial charge in [0.05, 0.1) is 23.7 Å². The largest absolute Gasteiger partial charge is 0.485 e. The van der Waals surface area contributed by atoms with Crippen LogP contribution in [0.15, 0.2) is 24.5 Å². The van der Waals surface area contributed by atoms with Crippen molar-refractivity contribution in [1.29, 1.82) is 5.26 Å². The maximum atomic E-state index is 13.2. The number of halogens is 2. The molecule has 5 rings (SSSR count). The van der Waals surface area contributed by atoms with Crippen LogP contribution in [0.1, 0.15) is 36.8 Å². The summed E-state index contributed by atoms with van der Waals surface area (Å²) >= 11 is 0. The van der Waals surface area contributed by atoms with Gasteiger partial charge in [-0.25, -0.2) is 18.7 Å². The maximum absolute atomic E-state index is 13.2. The highest BCUT2D eigenvalue weighted by Gasteiger charge is 2.26. The molecule has 1 fully saturated rings. The van der Waals surface area contributed by atoms with Crippen molar-refractivity contribution in [3.8, 4) is 29.1 Å². The van der Waals surface area contributed by atoms with E-state index in [0.29, 0.717) is 50.5 Å². The number of aromatic nitrogens is 4. The number of imidazole rings is 1. The first-order valence-electron chi connectivity index (χ1n) is 11.6. The third kappa shape index (κ3) is 4.17. The Hall–Kier alpha value is -3.71. The molecule has 182 valence electrons. The number of benzene rings is 1. The topological polar surface area (TPSA) is 103 Å². The number of methoxy groups -OCH3 is 1. The first-order chi connectivity index (χ1) is 17.0. The molecule has 0 aliphatic carbocycles. The molecule has 4 heterocycles. The van der Waals surface area contributed by atoms with Crippen molar-refractivity contribution < 1.29 is 18.3 Å². The van der Waals surface area contributed by atoms with Crippen LogP contribution < -0.4 is 9.47 Å². The molecule has 2 N–H and O–H groups in total. The van der Waals surface area contributed by atoms with Gasteiger partial charge < -0.3 is 24.3 Å². The molecule has 3 aromatic heterocycles. The summed E-state index contributed by atoms with van der Waals surface area (Å²) in [5.74, 6) is 1.37. The molecule has 1 aliphatic heterocycles. The molecule has 35 heavy (non-hydrogen) atoms. The van der Waals surface area contributed by atoms with Gasteiger partial charge in [-0.2, -0.15) is 5.26 Å². The Labute approximate surface area is 200 Å². The average Bonchev–Trinajstić information content (AvgIpc) is 3.50. The zero-order chi connectivity index (χ0) is 24.5. The number of likely N-dealkylation sites (tertiary alicyclic amines) is 1. The Morgan fingerprint density at radius 2 is 2.09 bits per heavy atom. The van der Waals surface area contributed by atoms with Gasteiger partial charge in [0.15, 0.2) is 5.75 Å². The van der Waals surface area contributed by atoms with E-state index >= 15 is 0 Å². The lowest BCUT2D eigenvalue weighted by molar-refractivity contribution is 0.0816. The van der Waals surface area contributed by atoms with Crippen LogP contribution >= 0.6 is 0 Å². The molecule has 0 unspecified atom stereocenters. The van der Waals surface area contributed by atoms with Gasteiger partial charge in [0.25, 0.3) is 6.43 Å². The van der Waals surface area contributed by atoms with Crippen LogP contribution in [-0.4, -0.2) is 64.6 Å². The van der Waals surface area contributed by atoms with Gasteiger partial charge in [-0.3, -0.25) is 0 Å². The van der Waals surface area contributed by atoms with Crippen molar-refractivity contribution in [2.75, 3.05) is 33.4 Å². The quantitative estimate of drug-likeness (QED) is 0.393. The summed E-state index contributed by atoms with van der Waals surface area (Å²) in [5.41, 5.74) is 3.71. The smallest absolute Gasteiger partial charge is 0.272 e. The Balaban J connectivity index is 1.64. The Bertz CT molecular complexity index is 1400. The summed E-state index contributed by atoms with van der Waals surface area (Å²) in [4.78, 5) is 17.9. The fourth-order valence-corrected chi connectivity index (χ4v) is 4.90. The number of nitrogens with zero attached hydrogens (tertiary/aromatic N) is 4. The van der Waals surface area contributed by atoms with Crippen molar-refractivity contribution in [2.24, 2.45) is 0 Å². The average molecular weight is 481 g/mol. The summed E-state index contributed by atoms with van der Waals surface area (Å²) in [6.07, 6.45) is 2.44. The number of ether oxygens (including phenoxy) is 2. The monoisotopic (exact) mass is 480 g/mol. The molecule has 0 spiro atoms. The maximum Gasteiger partial charge on any atom is 0.272 e. The fraction of sp³-hybridized carbons (Fsp3) is 0.400. The summed E-state index contributed by atoms with van der Waals surface area (Å²) in [7, 11) is 1.51. The molecule has 8 nitrogen and oxygen atoms in total. The predicted molar refractivity (Wildman–Crippen MR) is 128 cm³/mol. The highest BCUT2D eigenvalue weighted by molar-refractivity contribution is 5.99. The number of hydrogen-bond acceptors (Lipinski definition) is 6. The number of fused-ring (bicyclic) bond motifs is 2. The summed E-state index contributed by atoms with van der Waals surface area (Å²) < 4.78 is 37.5. The van der Waals surface area contributed by atoms with Crippen LogP contribution in [0.25, 0.3) is 33.3 Å². The van der Waals surface area contributed by atoms with E-state index < -0.39 is 13.0 Å². The molecular weight excluding hydrogens is 454 g/mol. The lowest BCUT2D eigenvalue weighted by Crippen LogP contribution is -2.32. The fourth-order valence-electron chi connectivity index (χ4n) is 4.90. The van der Waals surface area contributed by atoms with Gasteiger partial charge in [0.2, 0.25) is 5.88 Å². The molecule has 0 saturated carbocycles. The van der Waals surface area contributed by atoms with E-state index in [4.69, 9.17) is 14.5 Å². The van der Waals surface area contributed by atoms with E-state index in [1.165, 1.54) is 7.11 Å². The van der Waals surface area contributed by atoms with Gasteiger partial charge in [-0.1, -0.05) is 13.0 Å². The highest BCUT2D eigenvalue weighted by atomic mass is 19.3. The zero-order valence-corrected chi connectivity index (χ0v) is 19.6. The van der Waals surface area contributed by atoms with E-state index in [2.05, 4.69) is 32.8 Å². The summed E-state index contributed by atoms with van der Waals surface area (Å²) in [6, 6.07) is 6.01. The molecular formula is C25H26F2N6O2. The number of piperidine rings is 1. The minimum Gasteiger partial charge on any atom is -0.485 e. The van der Waals surface area contributed by atoms with Crippen molar-refractivity contribution in [3.63, 3.8) is 0 Å². The predicted octanol–water partition coefficient (Wildman–Crippen LogP) is 4.83. The Kier molecular flexibility index (Phi) is 6.26. The number of rotatable bonds is 7. The number of pyridine rings is 1. The normalized spacial score (nSPS) is 15.2. The Morgan fingerprint density at radius 1 is 1.29 bits per heavy atom. The second kappa shape index (κ2) is 9.50. The van der Waals surface area contributed by atoms with Crippen LogP contribution in [0, 0.1) is 11.3 Å². The minimum absolute atomic E-state index is 0.205. The van der Waals surface area contributed by atoms with Crippen LogP contribution in [0.4, 0.5) is 8.78 Å². The molecule has 1 aliphatic rings. The first kappa shape index (κ1) is 23.1. The lowest BCUT2D eigenvalue weighted by Gasteiger charge is -2.32. The van der Waals surface area contributed by atoms with Gasteiger partial charge in [0, 0.05) is 17.8 Å². The lowest BCUT2D eigenvalue weighted by atomic mass is 9.88. The van der Waals surface area contributed by atoms with Crippen molar-refractivity contribution in [2.45, 2.75) is 32.1 Å². The van der Waals surface area contributed by atoms with Gasteiger partial charge >= 0.3 is 0 Å². The number of aromatic amines is 2. The van der Waals surface area contributed by atoms with Crippen molar-refractivity contribution >= 4 is 21.9 Å². The van der Waals surface area contributed by atoms with Crippen LogP contribution in [0.3, 0.4) is 0 Å². The number of hydrogen-bond donors (Lipinski definition) is 2. The van der Waals surface area contributed by atoms with E-state index in [1.807, 2.05) is 12.1 Å². The van der Waals surface area contributed by atoms with Crippen LogP contribution in [0.5, 0.6) is 11.6 Å². The Morgan fingerprint density at radius 3 is 2.77 bits per heavy atom. The second-order valence-corrected chi connectivity index (χ2v) is 8.62. The molecule has 0 amide bonds. The number of nitriles is 1. The molecule has 0 atom stereocenters. The molecule has 1 aromatic carbocycles. The van der Waals surface area contributed by atoms with Crippen LogP contribution in [-0.2, 0) is 0 Å². The molecule has 10 heteroatoms. The van der Waals surface area contributed by atoms with E-state index in [0.717, 1.165) is 38.0 Å². The summed E-state index contributed by atoms with van der Waals surface area (Å²) in [6.45, 7) is 4.35. The number of alkyl halides is 2. The first-order valence-corrected chi connectivity index (χ1v) is 11.6. The van der Waals surface area contributed by atoms with Crippen molar-refractivity contribution in [1.82, 2.24) is 24.8 Å². The third-order valence-electron chi connectivity index (χ3n) is 6.71. The van der Waals surface area contributed by atoms with Gasteiger partial charge in [-0.15, -0.1) is 0 Å². The number of H-pyrrole nitrogens is 2. The molecule has 0 radical (unpaired) electrons. The van der Waals surface area contributed by atoms with Crippen LogP contribution in [0.2, 0.25) is 0 Å². The van der Waals surface area contributed by atoms with Gasteiger partial charge in [0.1, 0.15) is 29.6 Å². The third-order valence-corrected chi connectivity index (χ3v) is 6.71. The molecule has 1 saturated heterocycles. The molecule has 4 aromatic rings. The zero-order valence-electron chi connectivity index (χ0n) is 19.6. The molecule has 0 bridgehead atoms. The minimum atomic E-state index is -2.60. The van der Waals surface area contributed by atoms with Crippen molar-refractivity contribution in [3.05, 3.63) is 35.7 Å². The standard InChI is InChI=1S/C25H26F2N6O2/c1-3-33-8-6-14(7-9-33)16-4-5-18-22(23(16)35-13-19(26)27)32-24(31-18)20-21-17(12-30-25(20)34-2)15(10-28)11-29-21/h4-5,11-12,14,19,29H,3,6-9,13H2,1-2H3,(H,31,32).